The highest BCUT2D eigenvalue weighted by molar-refractivity contribution is 6.00. The fraction of sp³-hybridized carbons (Fsp3) is 0.562. The van der Waals surface area contributed by atoms with Gasteiger partial charge in [-0.05, 0) is 44.9 Å². The molecule has 0 spiro atoms. The lowest BCUT2D eigenvalue weighted by molar-refractivity contribution is 0.101. The molecule has 3 nitrogen and oxygen atoms in total. The summed E-state index contributed by atoms with van der Waals surface area (Å²) in [5.41, 5.74) is 8.15. The van der Waals surface area contributed by atoms with E-state index in [4.69, 9.17) is 5.73 Å². The largest absolute Gasteiger partial charge is 0.398 e. The highest BCUT2D eigenvalue weighted by Crippen LogP contribution is 2.24. The minimum absolute atomic E-state index is 0.0268. The zero-order valence-corrected chi connectivity index (χ0v) is 12.6. The molecule has 2 N–H and O–H groups in total. The summed E-state index contributed by atoms with van der Waals surface area (Å²) < 4.78 is 0. The number of Topliss-reactive ketones (excluding diaryl/α,β-unsaturated/α-hetero) is 1. The minimum Gasteiger partial charge on any atom is -0.398 e. The molecule has 106 valence electrons. The van der Waals surface area contributed by atoms with E-state index in [0.717, 1.165) is 25.1 Å². The SMILES string of the molecule is CCCCN(c1ccc(N)c(C(C)=O)c1)C(C)CC. The summed E-state index contributed by atoms with van der Waals surface area (Å²) in [6.45, 7) is 9.19. The number of ketones is 1. The van der Waals surface area contributed by atoms with Crippen LogP contribution in [0.25, 0.3) is 0 Å². The Bertz CT molecular complexity index is 429. The van der Waals surface area contributed by atoms with Crippen LogP contribution in [0.1, 0.15) is 57.3 Å². The first-order valence-electron chi connectivity index (χ1n) is 7.18. The fourth-order valence-electron chi connectivity index (χ4n) is 2.18. The Labute approximate surface area is 116 Å². The van der Waals surface area contributed by atoms with Gasteiger partial charge in [0.15, 0.2) is 5.78 Å². The van der Waals surface area contributed by atoms with Crippen LogP contribution in [0, 0.1) is 0 Å². The molecule has 1 rings (SSSR count). The third-order valence-corrected chi connectivity index (χ3v) is 3.62. The lowest BCUT2D eigenvalue weighted by Gasteiger charge is -2.31. The second-order valence-electron chi connectivity index (χ2n) is 5.13. The first-order chi connectivity index (χ1) is 9.01. The molecule has 0 saturated heterocycles. The molecule has 19 heavy (non-hydrogen) atoms. The van der Waals surface area contributed by atoms with Crippen molar-refractivity contribution in [3.05, 3.63) is 23.8 Å². The molecule has 0 amide bonds. The number of nitrogens with zero attached hydrogens (tertiary/aromatic N) is 1. The van der Waals surface area contributed by atoms with E-state index in [0.29, 0.717) is 17.3 Å². The van der Waals surface area contributed by atoms with Gasteiger partial charge in [-0.15, -0.1) is 0 Å². The molecular weight excluding hydrogens is 236 g/mol. The Morgan fingerprint density at radius 3 is 2.58 bits per heavy atom. The summed E-state index contributed by atoms with van der Waals surface area (Å²) in [5.74, 6) is 0.0268. The van der Waals surface area contributed by atoms with Gasteiger partial charge in [0.1, 0.15) is 0 Å². The van der Waals surface area contributed by atoms with E-state index in [1.165, 1.54) is 6.42 Å². The molecule has 1 unspecified atom stereocenters. The number of anilines is 2. The van der Waals surface area contributed by atoms with E-state index in [9.17, 15) is 4.79 Å². The molecule has 0 radical (unpaired) electrons. The molecule has 1 atom stereocenters. The number of hydrogen-bond donors (Lipinski definition) is 1. The topological polar surface area (TPSA) is 46.3 Å². The normalized spacial score (nSPS) is 12.2. The Hall–Kier alpha value is -1.51. The van der Waals surface area contributed by atoms with Gasteiger partial charge < -0.3 is 10.6 Å². The smallest absolute Gasteiger partial charge is 0.161 e. The van der Waals surface area contributed by atoms with Gasteiger partial charge >= 0.3 is 0 Å². The van der Waals surface area contributed by atoms with Crippen LogP contribution in [0.2, 0.25) is 0 Å². The van der Waals surface area contributed by atoms with Crippen LogP contribution < -0.4 is 10.6 Å². The summed E-state index contributed by atoms with van der Waals surface area (Å²) in [7, 11) is 0. The average Bonchev–Trinajstić information content (AvgIpc) is 2.40. The molecule has 0 fully saturated rings. The Balaban J connectivity index is 3.07. The Morgan fingerprint density at radius 2 is 2.05 bits per heavy atom. The van der Waals surface area contributed by atoms with Gasteiger partial charge in [-0.3, -0.25) is 4.79 Å². The van der Waals surface area contributed by atoms with Gasteiger partial charge in [0, 0.05) is 29.5 Å². The molecule has 0 aliphatic heterocycles. The van der Waals surface area contributed by atoms with Gasteiger partial charge in [-0.25, -0.2) is 0 Å². The van der Waals surface area contributed by atoms with Gasteiger partial charge in [-0.2, -0.15) is 0 Å². The van der Waals surface area contributed by atoms with Crippen LogP contribution in [-0.4, -0.2) is 18.4 Å². The third kappa shape index (κ3) is 3.98. The van der Waals surface area contributed by atoms with Crippen molar-refractivity contribution in [3.63, 3.8) is 0 Å². The standard InChI is InChI=1S/C16H26N2O/c1-5-7-10-18(12(3)6-2)14-8-9-16(17)15(11-14)13(4)19/h8-9,11-12H,5-7,10,17H2,1-4H3. The van der Waals surface area contributed by atoms with Crippen LogP contribution in [0.15, 0.2) is 18.2 Å². The number of carbonyl (C=O) groups excluding carboxylic acids is 1. The van der Waals surface area contributed by atoms with E-state index in [2.05, 4.69) is 25.7 Å². The molecule has 1 aromatic carbocycles. The summed E-state index contributed by atoms with van der Waals surface area (Å²) >= 11 is 0. The zero-order valence-electron chi connectivity index (χ0n) is 12.6. The molecule has 0 heterocycles. The van der Waals surface area contributed by atoms with E-state index < -0.39 is 0 Å². The number of nitrogen functional groups attached to an aromatic ring is 1. The molecule has 0 aliphatic rings. The second kappa shape index (κ2) is 7.17. The maximum atomic E-state index is 11.6. The second-order valence-corrected chi connectivity index (χ2v) is 5.13. The van der Waals surface area contributed by atoms with Crippen LogP contribution in [0.3, 0.4) is 0 Å². The van der Waals surface area contributed by atoms with Crippen LogP contribution in [0.4, 0.5) is 11.4 Å². The predicted molar refractivity (Wildman–Crippen MR) is 82.9 cm³/mol. The quantitative estimate of drug-likeness (QED) is 0.599. The maximum absolute atomic E-state index is 11.6. The fourth-order valence-corrected chi connectivity index (χ4v) is 2.18. The van der Waals surface area contributed by atoms with Gasteiger partial charge in [0.2, 0.25) is 0 Å². The highest BCUT2D eigenvalue weighted by Gasteiger charge is 2.15. The van der Waals surface area contributed by atoms with Crippen molar-refractivity contribution in [2.75, 3.05) is 17.2 Å². The first-order valence-corrected chi connectivity index (χ1v) is 7.18. The number of carbonyl (C=O) groups is 1. The van der Waals surface area contributed by atoms with Crippen LogP contribution in [0.5, 0.6) is 0 Å². The summed E-state index contributed by atoms with van der Waals surface area (Å²) in [6.07, 6.45) is 3.41. The van der Waals surface area contributed by atoms with Gasteiger partial charge in [-0.1, -0.05) is 20.3 Å². The summed E-state index contributed by atoms with van der Waals surface area (Å²) in [5, 5.41) is 0. The van der Waals surface area contributed by atoms with E-state index in [1.54, 1.807) is 6.92 Å². The molecular formula is C16H26N2O. The van der Waals surface area contributed by atoms with E-state index in [1.807, 2.05) is 18.2 Å². The van der Waals surface area contributed by atoms with Crippen LogP contribution >= 0.6 is 0 Å². The monoisotopic (exact) mass is 262 g/mol. The molecule has 0 aromatic heterocycles. The maximum Gasteiger partial charge on any atom is 0.161 e. The lowest BCUT2D eigenvalue weighted by Crippen LogP contribution is -2.33. The summed E-state index contributed by atoms with van der Waals surface area (Å²) in [4.78, 5) is 14.0. The first kappa shape index (κ1) is 15.5. The highest BCUT2D eigenvalue weighted by atomic mass is 16.1. The number of benzene rings is 1. The van der Waals surface area contributed by atoms with Crippen LogP contribution in [-0.2, 0) is 0 Å². The van der Waals surface area contributed by atoms with Gasteiger partial charge in [0.05, 0.1) is 0 Å². The lowest BCUT2D eigenvalue weighted by atomic mass is 10.1. The van der Waals surface area contributed by atoms with Crippen molar-refractivity contribution in [3.8, 4) is 0 Å². The van der Waals surface area contributed by atoms with Crippen molar-refractivity contribution in [1.29, 1.82) is 0 Å². The zero-order chi connectivity index (χ0) is 14.4. The molecule has 3 heteroatoms. The molecule has 0 aliphatic carbocycles. The number of unbranched alkanes of at least 4 members (excludes halogenated alkanes) is 1. The number of hydrogen-bond acceptors (Lipinski definition) is 3. The molecule has 0 bridgehead atoms. The number of nitrogens with two attached hydrogens (primary N) is 1. The minimum atomic E-state index is 0.0268. The van der Waals surface area contributed by atoms with Crippen molar-refractivity contribution < 1.29 is 4.79 Å². The van der Waals surface area contributed by atoms with E-state index >= 15 is 0 Å². The Kier molecular flexibility index (Phi) is 5.87. The molecule has 0 saturated carbocycles. The average molecular weight is 262 g/mol. The third-order valence-electron chi connectivity index (χ3n) is 3.62. The van der Waals surface area contributed by atoms with Crippen molar-refractivity contribution in [1.82, 2.24) is 0 Å². The number of rotatable bonds is 7. The molecule has 1 aromatic rings. The van der Waals surface area contributed by atoms with E-state index in [-0.39, 0.29) is 5.78 Å². The predicted octanol–water partition coefficient (Wildman–Crippen LogP) is 3.88. The Morgan fingerprint density at radius 1 is 1.37 bits per heavy atom. The summed E-state index contributed by atoms with van der Waals surface area (Å²) in [6, 6.07) is 6.26. The van der Waals surface area contributed by atoms with Gasteiger partial charge in [0.25, 0.3) is 0 Å². The van der Waals surface area contributed by atoms with Crippen molar-refractivity contribution in [2.24, 2.45) is 0 Å². The van der Waals surface area contributed by atoms with Crippen molar-refractivity contribution >= 4 is 17.2 Å². The van der Waals surface area contributed by atoms with Crippen molar-refractivity contribution in [2.45, 2.75) is 53.0 Å².